The van der Waals surface area contributed by atoms with Crippen LogP contribution < -0.4 is 9.54 Å². The summed E-state index contributed by atoms with van der Waals surface area (Å²) in [6.07, 6.45) is 1.41. The molecular formula is C20H22N2O2S2. The van der Waals surface area contributed by atoms with Crippen molar-refractivity contribution in [2.24, 2.45) is 4.99 Å². The highest BCUT2D eigenvalue weighted by atomic mass is 32.2. The lowest BCUT2D eigenvalue weighted by Gasteiger charge is -2.04. The van der Waals surface area contributed by atoms with E-state index in [1.165, 1.54) is 4.90 Å². The van der Waals surface area contributed by atoms with Gasteiger partial charge >= 0.3 is 0 Å². The Morgan fingerprint density at radius 2 is 2.04 bits per heavy atom. The molecule has 6 heteroatoms. The number of carbonyl (C=O) groups excluding carboxylic acids is 1. The minimum atomic E-state index is -0.0724. The van der Waals surface area contributed by atoms with E-state index in [4.69, 9.17) is 4.74 Å². The zero-order valence-electron chi connectivity index (χ0n) is 15.0. The van der Waals surface area contributed by atoms with Crippen molar-refractivity contribution in [1.29, 1.82) is 0 Å². The highest BCUT2D eigenvalue weighted by Gasteiger charge is 2.09. The molecule has 4 nitrogen and oxygen atoms in total. The summed E-state index contributed by atoms with van der Waals surface area (Å²) < 4.78 is 8.56. The first-order valence-corrected chi connectivity index (χ1v) is 10.4. The van der Waals surface area contributed by atoms with Crippen LogP contribution >= 0.6 is 23.1 Å². The van der Waals surface area contributed by atoms with E-state index in [9.17, 15) is 4.79 Å². The number of amides is 1. The van der Waals surface area contributed by atoms with E-state index >= 15 is 0 Å². The van der Waals surface area contributed by atoms with E-state index in [1.54, 1.807) is 30.2 Å². The number of fused-ring (bicyclic) bond motifs is 1. The fourth-order valence-electron chi connectivity index (χ4n) is 2.64. The van der Waals surface area contributed by atoms with Crippen LogP contribution in [0.1, 0.15) is 19.8 Å². The Labute approximate surface area is 161 Å². The number of methoxy groups -OCH3 is 1. The number of benzene rings is 2. The van der Waals surface area contributed by atoms with Crippen LogP contribution in [0.3, 0.4) is 0 Å². The Morgan fingerprint density at radius 1 is 1.23 bits per heavy atom. The molecule has 1 aromatic heterocycles. The van der Waals surface area contributed by atoms with E-state index in [2.05, 4.69) is 28.6 Å². The van der Waals surface area contributed by atoms with Gasteiger partial charge in [0.25, 0.3) is 0 Å². The minimum Gasteiger partial charge on any atom is -0.497 e. The molecule has 1 heterocycles. The molecule has 0 bridgehead atoms. The van der Waals surface area contributed by atoms with Gasteiger partial charge in [0.1, 0.15) is 5.75 Å². The predicted octanol–water partition coefficient (Wildman–Crippen LogP) is 4.73. The van der Waals surface area contributed by atoms with Crippen molar-refractivity contribution < 1.29 is 9.53 Å². The van der Waals surface area contributed by atoms with Gasteiger partial charge in [-0.1, -0.05) is 36.5 Å². The van der Waals surface area contributed by atoms with E-state index in [0.717, 1.165) is 39.5 Å². The van der Waals surface area contributed by atoms with Gasteiger partial charge in [-0.3, -0.25) is 4.79 Å². The van der Waals surface area contributed by atoms with Crippen molar-refractivity contribution in [3.63, 3.8) is 0 Å². The fourth-order valence-corrected chi connectivity index (χ4v) is 4.55. The second-order valence-corrected chi connectivity index (χ2v) is 7.96. The lowest BCUT2D eigenvalue weighted by atomic mass is 10.3. The van der Waals surface area contributed by atoms with Crippen molar-refractivity contribution in [2.75, 3.05) is 12.9 Å². The summed E-state index contributed by atoms with van der Waals surface area (Å²) in [5.41, 5.74) is 1.07. The van der Waals surface area contributed by atoms with Gasteiger partial charge in [-0.05, 0) is 30.7 Å². The summed E-state index contributed by atoms with van der Waals surface area (Å²) in [4.78, 5) is 18.7. The van der Waals surface area contributed by atoms with Crippen molar-refractivity contribution >= 4 is 39.2 Å². The molecule has 1 amide bonds. The average Bonchev–Trinajstić information content (AvgIpc) is 2.99. The number of thioether (sulfide) groups is 1. The summed E-state index contributed by atoms with van der Waals surface area (Å²) in [7, 11) is 1.66. The third-order valence-corrected chi connectivity index (χ3v) is 5.96. The van der Waals surface area contributed by atoms with Gasteiger partial charge in [-0.25, -0.2) is 0 Å². The second kappa shape index (κ2) is 9.05. The number of aryl methyl sites for hydroxylation is 1. The number of ether oxygens (including phenoxy) is 1. The normalized spacial score (nSPS) is 11.8. The first kappa shape index (κ1) is 18.7. The van der Waals surface area contributed by atoms with Crippen molar-refractivity contribution in [1.82, 2.24) is 4.57 Å². The van der Waals surface area contributed by atoms with Crippen molar-refractivity contribution in [3.8, 4) is 5.75 Å². The lowest BCUT2D eigenvalue weighted by Crippen LogP contribution is -2.17. The Bertz CT molecular complexity index is 945. The minimum absolute atomic E-state index is 0.0724. The largest absolute Gasteiger partial charge is 0.497 e. The first-order chi connectivity index (χ1) is 12.7. The van der Waals surface area contributed by atoms with Crippen LogP contribution in [0.2, 0.25) is 0 Å². The molecule has 0 N–H and O–H groups in total. The molecule has 0 atom stereocenters. The maximum Gasteiger partial charge on any atom is 0.249 e. The highest BCUT2D eigenvalue weighted by Crippen LogP contribution is 2.23. The topological polar surface area (TPSA) is 43.6 Å². The third-order valence-electron chi connectivity index (χ3n) is 3.88. The second-order valence-electron chi connectivity index (χ2n) is 5.79. The molecular weight excluding hydrogens is 364 g/mol. The number of hydrogen-bond acceptors (Lipinski definition) is 4. The highest BCUT2D eigenvalue weighted by molar-refractivity contribution is 7.99. The predicted molar refractivity (Wildman–Crippen MR) is 109 cm³/mol. The molecule has 0 saturated carbocycles. The number of carbonyl (C=O) groups is 1. The third kappa shape index (κ3) is 4.56. The van der Waals surface area contributed by atoms with Gasteiger partial charge in [0.05, 0.1) is 17.3 Å². The summed E-state index contributed by atoms with van der Waals surface area (Å²) in [5, 5.41) is 0. The molecule has 2 aromatic carbocycles. The Kier molecular flexibility index (Phi) is 6.52. The molecule has 136 valence electrons. The SMILES string of the molecule is CCCn1c(=NC(=O)CCSc2ccccc2)sc2ccc(OC)cc21. The van der Waals surface area contributed by atoms with Crippen LogP contribution in [0.15, 0.2) is 58.4 Å². The molecule has 0 spiro atoms. The number of thiazole rings is 1. The van der Waals surface area contributed by atoms with Crippen LogP contribution in [-0.4, -0.2) is 23.3 Å². The van der Waals surface area contributed by atoms with Gasteiger partial charge < -0.3 is 9.30 Å². The van der Waals surface area contributed by atoms with Gasteiger partial charge in [0.2, 0.25) is 5.91 Å². The standard InChI is InChI=1S/C20H22N2O2S2/c1-3-12-22-17-14-15(24-2)9-10-18(17)26-20(22)21-19(23)11-13-25-16-7-5-4-6-8-16/h4-10,14H,3,11-13H2,1-2H3. The molecule has 0 radical (unpaired) electrons. The van der Waals surface area contributed by atoms with Crippen LogP contribution in [0, 0.1) is 0 Å². The average molecular weight is 387 g/mol. The molecule has 0 aliphatic rings. The van der Waals surface area contributed by atoms with Gasteiger partial charge in [-0.15, -0.1) is 11.8 Å². The molecule has 26 heavy (non-hydrogen) atoms. The Balaban J connectivity index is 1.79. The summed E-state index contributed by atoms with van der Waals surface area (Å²) >= 11 is 3.24. The zero-order valence-corrected chi connectivity index (χ0v) is 16.6. The van der Waals surface area contributed by atoms with E-state index in [-0.39, 0.29) is 5.91 Å². The molecule has 0 fully saturated rings. The number of aromatic nitrogens is 1. The summed E-state index contributed by atoms with van der Waals surface area (Å²) in [6, 6.07) is 16.1. The summed E-state index contributed by atoms with van der Waals surface area (Å²) in [6.45, 7) is 2.96. The van der Waals surface area contributed by atoms with Crippen molar-refractivity contribution in [3.05, 3.63) is 53.3 Å². The molecule has 0 saturated heterocycles. The Hall–Kier alpha value is -2.05. The molecule has 0 aliphatic heterocycles. The molecule has 3 aromatic rings. The first-order valence-electron chi connectivity index (χ1n) is 8.64. The molecule has 0 unspecified atom stereocenters. The molecule has 3 rings (SSSR count). The van der Waals surface area contributed by atoms with Crippen LogP contribution in [0.5, 0.6) is 5.75 Å². The van der Waals surface area contributed by atoms with E-state index in [1.807, 2.05) is 36.4 Å². The summed E-state index contributed by atoms with van der Waals surface area (Å²) in [5.74, 6) is 1.48. The van der Waals surface area contributed by atoms with Gasteiger partial charge in [0.15, 0.2) is 4.80 Å². The van der Waals surface area contributed by atoms with Gasteiger partial charge in [0, 0.05) is 29.7 Å². The van der Waals surface area contributed by atoms with E-state index in [0.29, 0.717) is 6.42 Å². The number of hydrogen-bond donors (Lipinski definition) is 0. The molecule has 0 aliphatic carbocycles. The quantitative estimate of drug-likeness (QED) is 0.551. The number of rotatable bonds is 7. The maximum absolute atomic E-state index is 12.3. The van der Waals surface area contributed by atoms with Gasteiger partial charge in [-0.2, -0.15) is 4.99 Å². The van der Waals surface area contributed by atoms with Crippen LogP contribution in [0.4, 0.5) is 0 Å². The van der Waals surface area contributed by atoms with E-state index < -0.39 is 0 Å². The monoisotopic (exact) mass is 386 g/mol. The van der Waals surface area contributed by atoms with Crippen LogP contribution in [-0.2, 0) is 11.3 Å². The van der Waals surface area contributed by atoms with Crippen LogP contribution in [0.25, 0.3) is 10.2 Å². The number of nitrogens with zero attached hydrogens (tertiary/aromatic N) is 2. The van der Waals surface area contributed by atoms with Crippen molar-refractivity contribution in [2.45, 2.75) is 31.2 Å². The smallest absolute Gasteiger partial charge is 0.249 e. The Morgan fingerprint density at radius 3 is 2.77 bits per heavy atom. The maximum atomic E-state index is 12.3. The zero-order chi connectivity index (χ0) is 18.4. The lowest BCUT2D eigenvalue weighted by molar-refractivity contribution is -0.117. The fraction of sp³-hybridized carbons (Fsp3) is 0.300.